The molecule has 0 unspecified atom stereocenters. The predicted molar refractivity (Wildman–Crippen MR) is 75.8 cm³/mol. The Kier molecular flexibility index (Phi) is 4.96. The lowest BCUT2D eigenvalue weighted by Gasteiger charge is -2.19. The summed E-state index contributed by atoms with van der Waals surface area (Å²) in [6.07, 6.45) is 0.00137. The van der Waals surface area contributed by atoms with Crippen molar-refractivity contribution in [2.45, 2.75) is 24.3 Å². The molecule has 0 aliphatic carbocycles. The molecule has 1 aromatic rings. The summed E-state index contributed by atoms with van der Waals surface area (Å²) >= 11 is 0. The van der Waals surface area contributed by atoms with Gasteiger partial charge in [-0.1, -0.05) is 12.1 Å². The van der Waals surface area contributed by atoms with Crippen LogP contribution < -0.4 is 0 Å². The van der Waals surface area contributed by atoms with E-state index in [0.29, 0.717) is 0 Å². The molecule has 1 N–H and O–H groups in total. The number of hydrogen-bond acceptors (Lipinski definition) is 6. The Morgan fingerprint density at radius 2 is 1.95 bits per heavy atom. The highest BCUT2D eigenvalue weighted by atomic mass is 32.2. The van der Waals surface area contributed by atoms with Crippen molar-refractivity contribution in [3.05, 3.63) is 34.4 Å². The van der Waals surface area contributed by atoms with Crippen LogP contribution in [0.4, 0.5) is 5.69 Å². The Bertz CT molecular complexity index is 625. The highest BCUT2D eigenvalue weighted by Gasteiger charge is 2.30. The van der Waals surface area contributed by atoms with Crippen molar-refractivity contribution < 1.29 is 13.3 Å². The van der Waals surface area contributed by atoms with E-state index in [0.717, 1.165) is 12.1 Å². The summed E-state index contributed by atoms with van der Waals surface area (Å²) in [5.41, 5.74) is -0.505. The number of nitrogens with zero attached hydrogens (tertiary/aromatic N) is 2. The molecule has 20 heavy (non-hydrogen) atoms. The number of nitro groups is 1. The fourth-order valence-corrected chi connectivity index (χ4v) is 2.93. The number of benzene rings is 1. The molecule has 0 saturated carbocycles. The lowest BCUT2D eigenvalue weighted by Crippen LogP contribution is -2.29. The molecule has 0 radical (unpaired) electrons. The van der Waals surface area contributed by atoms with Crippen LogP contribution in [0.2, 0.25) is 0 Å². The Hall–Kier alpha value is -1.80. The van der Waals surface area contributed by atoms with Gasteiger partial charge in [0.2, 0.25) is 9.84 Å². The van der Waals surface area contributed by atoms with Gasteiger partial charge >= 0.3 is 0 Å². The monoisotopic (exact) mass is 299 g/mol. The van der Waals surface area contributed by atoms with Crippen molar-refractivity contribution in [2.24, 2.45) is 0 Å². The molecule has 0 heterocycles. The van der Waals surface area contributed by atoms with Crippen molar-refractivity contribution in [3.63, 3.8) is 0 Å². The summed E-state index contributed by atoms with van der Waals surface area (Å²) in [6, 6.07) is 4.92. The molecule has 0 aromatic heterocycles. The van der Waals surface area contributed by atoms with Crippen LogP contribution in [-0.4, -0.2) is 43.4 Å². The van der Waals surface area contributed by atoms with Crippen molar-refractivity contribution in [1.29, 1.82) is 5.41 Å². The van der Waals surface area contributed by atoms with E-state index in [9.17, 15) is 18.5 Å². The lowest BCUT2D eigenvalue weighted by molar-refractivity contribution is -0.387. The second kappa shape index (κ2) is 6.10. The highest BCUT2D eigenvalue weighted by Crippen LogP contribution is 2.25. The van der Waals surface area contributed by atoms with Gasteiger partial charge in [-0.3, -0.25) is 15.5 Å². The first-order valence-corrected chi connectivity index (χ1v) is 7.38. The molecule has 1 aromatic carbocycles. The average molecular weight is 299 g/mol. The molecule has 0 aliphatic heterocycles. The number of nitro benzene ring substituents is 1. The maximum absolute atomic E-state index is 12.3. The molecule has 1 rings (SSSR count). The summed E-state index contributed by atoms with van der Waals surface area (Å²) in [5, 5.41) is 18.1. The Labute approximate surface area is 117 Å². The van der Waals surface area contributed by atoms with Gasteiger partial charge in [0, 0.05) is 18.5 Å². The molecule has 110 valence electrons. The normalized spacial score (nSPS) is 13.2. The van der Waals surface area contributed by atoms with Gasteiger partial charge in [0.05, 0.1) is 4.92 Å². The number of hydrogen-bond donors (Lipinski definition) is 1. The van der Waals surface area contributed by atoms with Crippen LogP contribution in [0.15, 0.2) is 29.2 Å². The first-order valence-electron chi connectivity index (χ1n) is 5.90. The second-order valence-electron chi connectivity index (χ2n) is 4.67. The molecule has 8 heteroatoms. The Morgan fingerprint density at radius 3 is 2.45 bits per heavy atom. The maximum Gasteiger partial charge on any atom is 0.288 e. The second-order valence-corrected chi connectivity index (χ2v) is 6.61. The third kappa shape index (κ3) is 3.40. The number of sulfone groups is 1. The quantitative estimate of drug-likeness (QED) is 0.385. The van der Waals surface area contributed by atoms with Crippen molar-refractivity contribution >= 4 is 20.6 Å². The van der Waals surface area contributed by atoms with Gasteiger partial charge in [-0.25, -0.2) is 8.42 Å². The fourth-order valence-electron chi connectivity index (χ4n) is 1.53. The minimum Gasteiger partial charge on any atom is -0.306 e. The van der Waals surface area contributed by atoms with Gasteiger partial charge in [-0.2, -0.15) is 0 Å². The molecule has 0 bridgehead atoms. The van der Waals surface area contributed by atoms with E-state index in [4.69, 9.17) is 5.41 Å². The third-order valence-corrected chi connectivity index (χ3v) is 4.78. The van der Waals surface area contributed by atoms with Gasteiger partial charge < -0.3 is 4.90 Å². The van der Waals surface area contributed by atoms with E-state index in [2.05, 4.69) is 0 Å². The van der Waals surface area contributed by atoms with Crippen LogP contribution in [0, 0.1) is 15.5 Å². The average Bonchev–Trinajstić information content (AvgIpc) is 2.38. The third-order valence-electron chi connectivity index (χ3n) is 3.04. The standard InChI is InChI=1S/C12H17N3O4S/c1-9(14(2)3)8-12(13)20(18,19)11-7-5-4-6-10(11)15(16)17/h4-7,9,13H,8H2,1-3H3/t9-/m1/s1. The minimum absolute atomic E-state index is 0.00137. The van der Waals surface area contributed by atoms with E-state index in [1.807, 2.05) is 0 Å². The van der Waals surface area contributed by atoms with E-state index >= 15 is 0 Å². The van der Waals surface area contributed by atoms with Gasteiger partial charge in [0.1, 0.15) is 5.04 Å². The zero-order valence-electron chi connectivity index (χ0n) is 11.5. The molecule has 1 atom stereocenters. The van der Waals surface area contributed by atoms with E-state index in [-0.39, 0.29) is 12.5 Å². The Balaban J connectivity index is 3.18. The molecule has 0 spiro atoms. The lowest BCUT2D eigenvalue weighted by atomic mass is 10.2. The summed E-state index contributed by atoms with van der Waals surface area (Å²) in [7, 11) is -0.582. The summed E-state index contributed by atoms with van der Waals surface area (Å²) in [4.78, 5) is 11.5. The molecule has 0 saturated heterocycles. The first-order chi connectivity index (χ1) is 9.17. The van der Waals surface area contributed by atoms with Crippen molar-refractivity contribution in [3.8, 4) is 0 Å². The van der Waals surface area contributed by atoms with Gasteiger partial charge in [0.25, 0.3) is 5.69 Å². The zero-order chi connectivity index (χ0) is 15.5. The van der Waals surface area contributed by atoms with Crippen LogP contribution in [0.5, 0.6) is 0 Å². The summed E-state index contributed by atoms with van der Waals surface area (Å²) in [6.45, 7) is 1.78. The Morgan fingerprint density at radius 1 is 1.40 bits per heavy atom. The highest BCUT2D eigenvalue weighted by molar-refractivity contribution is 8.06. The SMILES string of the molecule is C[C@H](CC(=N)S(=O)(=O)c1ccccc1[N+](=O)[O-])N(C)C. The number of rotatable bonds is 5. The van der Waals surface area contributed by atoms with Crippen LogP contribution in [0.25, 0.3) is 0 Å². The topological polar surface area (TPSA) is 104 Å². The van der Waals surface area contributed by atoms with E-state index < -0.39 is 30.4 Å². The van der Waals surface area contributed by atoms with Crippen LogP contribution >= 0.6 is 0 Å². The van der Waals surface area contributed by atoms with Crippen LogP contribution in [-0.2, 0) is 9.84 Å². The predicted octanol–water partition coefficient (Wildman–Crippen LogP) is 1.69. The first kappa shape index (κ1) is 16.3. The fraction of sp³-hybridized carbons (Fsp3) is 0.417. The molecular formula is C12H17N3O4S. The number of para-hydroxylation sites is 1. The van der Waals surface area contributed by atoms with E-state index in [1.54, 1.807) is 25.9 Å². The van der Waals surface area contributed by atoms with Crippen molar-refractivity contribution in [2.75, 3.05) is 14.1 Å². The summed E-state index contributed by atoms with van der Waals surface area (Å²) < 4.78 is 24.5. The molecule has 0 aliphatic rings. The molecule has 0 amide bonds. The van der Waals surface area contributed by atoms with Gasteiger partial charge in [-0.05, 0) is 27.1 Å². The largest absolute Gasteiger partial charge is 0.306 e. The van der Waals surface area contributed by atoms with Gasteiger partial charge in [0.15, 0.2) is 4.90 Å². The minimum atomic E-state index is -4.13. The molecule has 0 fully saturated rings. The van der Waals surface area contributed by atoms with Crippen LogP contribution in [0.1, 0.15) is 13.3 Å². The van der Waals surface area contributed by atoms with Crippen LogP contribution in [0.3, 0.4) is 0 Å². The summed E-state index contributed by atoms with van der Waals surface area (Å²) in [5.74, 6) is 0. The maximum atomic E-state index is 12.3. The van der Waals surface area contributed by atoms with E-state index in [1.165, 1.54) is 12.1 Å². The zero-order valence-corrected chi connectivity index (χ0v) is 12.3. The molecular weight excluding hydrogens is 282 g/mol. The van der Waals surface area contributed by atoms with Gasteiger partial charge in [-0.15, -0.1) is 0 Å². The smallest absolute Gasteiger partial charge is 0.288 e. The number of nitrogens with one attached hydrogen (secondary N) is 1. The van der Waals surface area contributed by atoms with Crippen molar-refractivity contribution in [1.82, 2.24) is 4.90 Å². The molecule has 7 nitrogen and oxygen atoms in total.